The van der Waals surface area contributed by atoms with Gasteiger partial charge in [0.05, 0.1) is 6.20 Å². The first-order chi connectivity index (χ1) is 9.69. The summed E-state index contributed by atoms with van der Waals surface area (Å²) in [6, 6.07) is 1.24. The van der Waals surface area contributed by atoms with Gasteiger partial charge in [-0.1, -0.05) is 13.3 Å². The molecule has 1 fully saturated rings. The fourth-order valence-corrected chi connectivity index (χ4v) is 2.89. The Labute approximate surface area is 123 Å². The van der Waals surface area contributed by atoms with Gasteiger partial charge in [-0.2, -0.15) is 5.10 Å². The van der Waals surface area contributed by atoms with Crippen molar-refractivity contribution in [1.29, 1.82) is 0 Å². The second kappa shape index (κ2) is 7.79. The SMILES string of the molecule is CCCn1cc(CN(CC2CCCCN2)C(C)C)cn1. The van der Waals surface area contributed by atoms with E-state index in [2.05, 4.69) is 47.0 Å². The Morgan fingerprint density at radius 1 is 1.45 bits per heavy atom. The highest BCUT2D eigenvalue weighted by atomic mass is 15.3. The van der Waals surface area contributed by atoms with Crippen molar-refractivity contribution >= 4 is 0 Å². The minimum atomic E-state index is 0.577. The lowest BCUT2D eigenvalue weighted by Crippen LogP contribution is -2.45. The van der Waals surface area contributed by atoms with Gasteiger partial charge in [-0.25, -0.2) is 0 Å². The molecule has 0 amide bonds. The van der Waals surface area contributed by atoms with E-state index in [0.29, 0.717) is 12.1 Å². The third-order valence-electron chi connectivity index (χ3n) is 4.12. The second-order valence-electron chi connectivity index (χ2n) is 6.28. The van der Waals surface area contributed by atoms with Crippen LogP contribution in [0.5, 0.6) is 0 Å². The molecule has 0 bridgehead atoms. The molecule has 0 radical (unpaired) electrons. The molecule has 1 unspecified atom stereocenters. The Morgan fingerprint density at radius 3 is 2.95 bits per heavy atom. The number of hydrogen-bond acceptors (Lipinski definition) is 3. The quantitative estimate of drug-likeness (QED) is 0.832. The first-order valence-corrected chi connectivity index (χ1v) is 8.17. The zero-order valence-electron chi connectivity index (χ0n) is 13.3. The van der Waals surface area contributed by atoms with Crippen LogP contribution in [0.4, 0.5) is 0 Å². The van der Waals surface area contributed by atoms with Crippen LogP contribution >= 0.6 is 0 Å². The van der Waals surface area contributed by atoms with Crippen LogP contribution in [0.15, 0.2) is 12.4 Å². The Hall–Kier alpha value is -0.870. The summed E-state index contributed by atoms with van der Waals surface area (Å²) in [6.07, 6.45) is 9.39. The molecule has 2 heterocycles. The van der Waals surface area contributed by atoms with Crippen molar-refractivity contribution in [2.24, 2.45) is 0 Å². The lowest BCUT2D eigenvalue weighted by Gasteiger charge is -2.32. The molecular formula is C16H30N4. The predicted octanol–water partition coefficient (Wildman–Crippen LogP) is 2.65. The first-order valence-electron chi connectivity index (χ1n) is 8.17. The average Bonchev–Trinajstić information content (AvgIpc) is 2.87. The van der Waals surface area contributed by atoms with Gasteiger partial charge in [-0.3, -0.25) is 9.58 Å². The van der Waals surface area contributed by atoms with Crippen molar-refractivity contribution in [3.05, 3.63) is 18.0 Å². The zero-order valence-corrected chi connectivity index (χ0v) is 13.3. The number of aromatic nitrogens is 2. The molecule has 1 saturated heterocycles. The van der Waals surface area contributed by atoms with E-state index >= 15 is 0 Å². The maximum absolute atomic E-state index is 4.44. The van der Waals surface area contributed by atoms with E-state index in [9.17, 15) is 0 Å². The molecule has 1 aromatic heterocycles. The minimum absolute atomic E-state index is 0.577. The topological polar surface area (TPSA) is 33.1 Å². The molecule has 1 atom stereocenters. The molecular weight excluding hydrogens is 248 g/mol. The molecule has 4 heteroatoms. The maximum atomic E-state index is 4.44. The van der Waals surface area contributed by atoms with Crippen LogP contribution in [0.25, 0.3) is 0 Å². The van der Waals surface area contributed by atoms with E-state index < -0.39 is 0 Å². The summed E-state index contributed by atoms with van der Waals surface area (Å²) < 4.78 is 2.06. The number of nitrogens with zero attached hydrogens (tertiary/aromatic N) is 3. The molecule has 0 spiro atoms. The molecule has 1 aromatic rings. The third kappa shape index (κ3) is 4.60. The van der Waals surface area contributed by atoms with E-state index in [-0.39, 0.29) is 0 Å². The smallest absolute Gasteiger partial charge is 0.0534 e. The van der Waals surface area contributed by atoms with Gasteiger partial charge in [0.25, 0.3) is 0 Å². The molecule has 0 aromatic carbocycles. The van der Waals surface area contributed by atoms with E-state index in [0.717, 1.165) is 26.1 Å². The summed E-state index contributed by atoms with van der Waals surface area (Å²) in [5.74, 6) is 0. The van der Waals surface area contributed by atoms with E-state index in [1.54, 1.807) is 0 Å². The number of nitrogens with one attached hydrogen (secondary N) is 1. The maximum Gasteiger partial charge on any atom is 0.0534 e. The number of aryl methyl sites for hydroxylation is 1. The summed E-state index contributed by atoms with van der Waals surface area (Å²) in [6.45, 7) is 11.1. The van der Waals surface area contributed by atoms with Gasteiger partial charge in [-0.05, 0) is 39.7 Å². The van der Waals surface area contributed by atoms with Gasteiger partial charge in [0, 0.05) is 43.5 Å². The molecule has 2 rings (SSSR count). The Balaban J connectivity index is 1.90. The van der Waals surface area contributed by atoms with Crippen LogP contribution in [0, 0.1) is 0 Å². The Bertz CT molecular complexity index is 380. The molecule has 20 heavy (non-hydrogen) atoms. The van der Waals surface area contributed by atoms with Gasteiger partial charge >= 0.3 is 0 Å². The molecule has 1 aliphatic rings. The van der Waals surface area contributed by atoms with Crippen molar-refractivity contribution in [3.8, 4) is 0 Å². The van der Waals surface area contributed by atoms with E-state index in [4.69, 9.17) is 0 Å². The summed E-state index contributed by atoms with van der Waals surface area (Å²) >= 11 is 0. The van der Waals surface area contributed by atoms with Crippen LogP contribution < -0.4 is 5.32 Å². The van der Waals surface area contributed by atoms with Crippen molar-refractivity contribution in [1.82, 2.24) is 20.0 Å². The van der Waals surface area contributed by atoms with E-state index in [1.165, 1.54) is 31.4 Å². The first kappa shape index (κ1) is 15.5. The molecule has 1 aliphatic heterocycles. The monoisotopic (exact) mass is 278 g/mol. The molecule has 1 N–H and O–H groups in total. The number of rotatable bonds is 7. The van der Waals surface area contributed by atoms with Crippen molar-refractivity contribution in [3.63, 3.8) is 0 Å². The van der Waals surface area contributed by atoms with Crippen LogP contribution in [0.1, 0.15) is 52.0 Å². The average molecular weight is 278 g/mol. The number of hydrogen-bond donors (Lipinski definition) is 1. The summed E-state index contributed by atoms with van der Waals surface area (Å²) in [4.78, 5) is 2.57. The normalized spacial score (nSPS) is 19.9. The molecule has 0 saturated carbocycles. The van der Waals surface area contributed by atoms with Gasteiger partial charge < -0.3 is 5.32 Å². The van der Waals surface area contributed by atoms with Crippen molar-refractivity contribution < 1.29 is 0 Å². The highest BCUT2D eigenvalue weighted by Crippen LogP contribution is 2.13. The molecule has 4 nitrogen and oxygen atoms in total. The molecule has 0 aliphatic carbocycles. The fourth-order valence-electron chi connectivity index (χ4n) is 2.89. The highest BCUT2D eigenvalue weighted by molar-refractivity contribution is 5.04. The second-order valence-corrected chi connectivity index (χ2v) is 6.28. The lowest BCUT2D eigenvalue weighted by molar-refractivity contribution is 0.177. The summed E-state index contributed by atoms with van der Waals surface area (Å²) in [7, 11) is 0. The van der Waals surface area contributed by atoms with Gasteiger partial charge in [0.1, 0.15) is 0 Å². The van der Waals surface area contributed by atoms with Crippen LogP contribution in [0.2, 0.25) is 0 Å². The fraction of sp³-hybridized carbons (Fsp3) is 0.812. The summed E-state index contributed by atoms with van der Waals surface area (Å²) in [5.41, 5.74) is 1.34. The highest BCUT2D eigenvalue weighted by Gasteiger charge is 2.19. The van der Waals surface area contributed by atoms with Crippen LogP contribution in [-0.4, -0.2) is 39.9 Å². The van der Waals surface area contributed by atoms with Crippen molar-refractivity contribution in [2.45, 2.75) is 71.6 Å². The third-order valence-corrected chi connectivity index (χ3v) is 4.12. The predicted molar refractivity (Wildman–Crippen MR) is 83.7 cm³/mol. The van der Waals surface area contributed by atoms with Gasteiger partial charge in [0.2, 0.25) is 0 Å². The van der Waals surface area contributed by atoms with Gasteiger partial charge in [0.15, 0.2) is 0 Å². The van der Waals surface area contributed by atoms with E-state index in [1.807, 2.05) is 6.20 Å². The standard InChI is InChI=1S/C16H30N4/c1-4-9-20-12-15(10-18-20)11-19(14(2)3)13-16-7-5-6-8-17-16/h10,12,14,16-17H,4-9,11,13H2,1-3H3. The zero-order chi connectivity index (χ0) is 14.4. The largest absolute Gasteiger partial charge is 0.313 e. The Kier molecular flexibility index (Phi) is 6.05. The van der Waals surface area contributed by atoms with Gasteiger partial charge in [-0.15, -0.1) is 0 Å². The van der Waals surface area contributed by atoms with Crippen molar-refractivity contribution in [2.75, 3.05) is 13.1 Å². The van der Waals surface area contributed by atoms with Crippen LogP contribution in [-0.2, 0) is 13.1 Å². The lowest BCUT2D eigenvalue weighted by atomic mass is 10.0. The summed E-state index contributed by atoms with van der Waals surface area (Å²) in [5, 5.41) is 8.09. The Morgan fingerprint density at radius 2 is 2.30 bits per heavy atom. The number of piperidine rings is 1. The van der Waals surface area contributed by atoms with Crippen LogP contribution in [0.3, 0.4) is 0 Å². The minimum Gasteiger partial charge on any atom is -0.313 e. The molecule has 114 valence electrons.